The van der Waals surface area contributed by atoms with Gasteiger partial charge < -0.3 is 0 Å². The predicted molar refractivity (Wildman–Crippen MR) is 55.6 cm³/mol. The Morgan fingerprint density at radius 1 is 1.64 bits per heavy atom. The highest BCUT2D eigenvalue weighted by molar-refractivity contribution is 9.09. The molecule has 0 radical (unpaired) electrons. The molecule has 1 unspecified atom stereocenters. The minimum Gasteiger partial charge on any atom is -0.149 e. The van der Waals surface area contributed by atoms with Crippen LogP contribution in [0.1, 0.15) is 18.2 Å². The lowest BCUT2D eigenvalue weighted by Crippen LogP contribution is -2.02. The standard InChI is InChI=1S/C9H13BrS/c1-2-8(7-10)6-9-4-3-5-11-9/h3-5,8H,2,6-7H2,1H3. The van der Waals surface area contributed by atoms with Crippen molar-refractivity contribution in [3.05, 3.63) is 22.4 Å². The lowest BCUT2D eigenvalue weighted by Gasteiger charge is -2.08. The van der Waals surface area contributed by atoms with Gasteiger partial charge in [0.05, 0.1) is 0 Å². The summed E-state index contributed by atoms with van der Waals surface area (Å²) in [5.74, 6) is 0.814. The first-order valence-corrected chi connectivity index (χ1v) is 5.95. The van der Waals surface area contributed by atoms with Crippen molar-refractivity contribution in [3.63, 3.8) is 0 Å². The van der Waals surface area contributed by atoms with E-state index < -0.39 is 0 Å². The van der Waals surface area contributed by atoms with E-state index >= 15 is 0 Å². The number of hydrogen-bond donors (Lipinski definition) is 0. The Morgan fingerprint density at radius 2 is 2.45 bits per heavy atom. The second kappa shape index (κ2) is 4.94. The van der Waals surface area contributed by atoms with E-state index in [1.807, 2.05) is 11.3 Å². The highest BCUT2D eigenvalue weighted by atomic mass is 79.9. The second-order valence-electron chi connectivity index (χ2n) is 2.71. The fourth-order valence-corrected chi connectivity index (χ4v) is 2.53. The van der Waals surface area contributed by atoms with Crippen LogP contribution in [0.5, 0.6) is 0 Å². The zero-order valence-electron chi connectivity index (χ0n) is 6.72. The molecule has 0 N–H and O–H groups in total. The van der Waals surface area contributed by atoms with Crippen LogP contribution in [0.4, 0.5) is 0 Å². The van der Waals surface area contributed by atoms with Gasteiger partial charge in [-0.25, -0.2) is 0 Å². The molecule has 1 aromatic rings. The van der Waals surface area contributed by atoms with Crippen LogP contribution < -0.4 is 0 Å². The SMILES string of the molecule is CCC(CBr)Cc1cccs1. The summed E-state index contributed by atoms with van der Waals surface area (Å²) in [6.45, 7) is 2.25. The van der Waals surface area contributed by atoms with E-state index in [2.05, 4.69) is 40.4 Å². The Bertz CT molecular complexity index is 177. The van der Waals surface area contributed by atoms with E-state index in [4.69, 9.17) is 0 Å². The molecule has 62 valence electrons. The minimum atomic E-state index is 0.814. The molecule has 1 aromatic heterocycles. The van der Waals surface area contributed by atoms with Crippen LogP contribution in [-0.4, -0.2) is 5.33 Å². The van der Waals surface area contributed by atoms with Crippen LogP contribution >= 0.6 is 27.3 Å². The fraction of sp³-hybridized carbons (Fsp3) is 0.556. The van der Waals surface area contributed by atoms with Crippen molar-refractivity contribution in [2.45, 2.75) is 19.8 Å². The molecule has 0 spiro atoms. The Labute approximate surface area is 80.8 Å². The molecular formula is C9H13BrS. The van der Waals surface area contributed by atoms with Crippen LogP contribution in [0.25, 0.3) is 0 Å². The topological polar surface area (TPSA) is 0 Å². The van der Waals surface area contributed by atoms with Gasteiger partial charge in [0, 0.05) is 10.2 Å². The second-order valence-corrected chi connectivity index (χ2v) is 4.39. The molecule has 0 nitrogen and oxygen atoms in total. The number of halogens is 1. The molecule has 0 fully saturated rings. The maximum atomic E-state index is 3.53. The van der Waals surface area contributed by atoms with Crippen molar-refractivity contribution >= 4 is 27.3 Å². The highest BCUT2D eigenvalue weighted by Gasteiger charge is 2.05. The van der Waals surface area contributed by atoms with E-state index in [0.717, 1.165) is 11.2 Å². The molecule has 0 aliphatic rings. The smallest absolute Gasteiger partial charge is 0.00630 e. The van der Waals surface area contributed by atoms with Gasteiger partial charge in [0.25, 0.3) is 0 Å². The van der Waals surface area contributed by atoms with Crippen LogP contribution in [0, 0.1) is 5.92 Å². The van der Waals surface area contributed by atoms with Crippen LogP contribution in [0.2, 0.25) is 0 Å². The van der Waals surface area contributed by atoms with Crippen LogP contribution in [0.3, 0.4) is 0 Å². The summed E-state index contributed by atoms with van der Waals surface area (Å²) in [4.78, 5) is 1.51. The Kier molecular flexibility index (Phi) is 4.16. The summed E-state index contributed by atoms with van der Waals surface area (Å²) in [5, 5.41) is 3.28. The zero-order valence-corrected chi connectivity index (χ0v) is 9.12. The lowest BCUT2D eigenvalue weighted by molar-refractivity contribution is 0.578. The van der Waals surface area contributed by atoms with Crippen molar-refractivity contribution in [2.75, 3.05) is 5.33 Å². The average molecular weight is 233 g/mol. The first-order valence-electron chi connectivity index (χ1n) is 3.95. The third-order valence-electron chi connectivity index (χ3n) is 1.87. The molecule has 1 heterocycles. The molecule has 0 amide bonds. The first-order chi connectivity index (χ1) is 5.36. The normalized spacial score (nSPS) is 13.3. The van der Waals surface area contributed by atoms with Gasteiger partial charge in [-0.05, 0) is 23.8 Å². The number of alkyl halides is 1. The Balaban J connectivity index is 2.41. The molecule has 0 saturated heterocycles. The quantitative estimate of drug-likeness (QED) is 0.695. The molecular weight excluding hydrogens is 220 g/mol. The van der Waals surface area contributed by atoms with Gasteiger partial charge in [0.15, 0.2) is 0 Å². The Hall–Kier alpha value is 0.180. The van der Waals surface area contributed by atoms with Crippen molar-refractivity contribution in [2.24, 2.45) is 5.92 Å². The van der Waals surface area contributed by atoms with Crippen LogP contribution in [0.15, 0.2) is 17.5 Å². The molecule has 0 aromatic carbocycles. The predicted octanol–water partition coefficient (Wildman–Crippen LogP) is 3.71. The zero-order chi connectivity index (χ0) is 8.10. The third-order valence-corrected chi connectivity index (χ3v) is 3.68. The number of rotatable bonds is 4. The summed E-state index contributed by atoms with van der Waals surface area (Å²) in [6.07, 6.45) is 2.50. The van der Waals surface area contributed by atoms with Crippen molar-refractivity contribution < 1.29 is 0 Å². The lowest BCUT2D eigenvalue weighted by atomic mass is 10.0. The molecule has 2 heteroatoms. The Morgan fingerprint density at radius 3 is 2.91 bits per heavy atom. The summed E-state index contributed by atoms with van der Waals surface area (Å²) in [5.41, 5.74) is 0. The summed E-state index contributed by atoms with van der Waals surface area (Å²) in [6, 6.07) is 4.34. The molecule has 1 rings (SSSR count). The van der Waals surface area contributed by atoms with Crippen LogP contribution in [-0.2, 0) is 6.42 Å². The fourth-order valence-electron chi connectivity index (χ4n) is 1.02. The molecule has 1 atom stereocenters. The van der Waals surface area contributed by atoms with Gasteiger partial charge in [0.1, 0.15) is 0 Å². The average Bonchev–Trinajstić information content (AvgIpc) is 2.52. The number of hydrogen-bond acceptors (Lipinski definition) is 1. The molecule has 0 saturated carbocycles. The number of thiophene rings is 1. The van der Waals surface area contributed by atoms with E-state index in [0.29, 0.717) is 0 Å². The molecule has 0 bridgehead atoms. The monoisotopic (exact) mass is 232 g/mol. The van der Waals surface area contributed by atoms with E-state index in [1.54, 1.807) is 0 Å². The summed E-state index contributed by atoms with van der Waals surface area (Å²) < 4.78 is 0. The highest BCUT2D eigenvalue weighted by Crippen LogP contribution is 2.18. The van der Waals surface area contributed by atoms with Gasteiger partial charge in [-0.2, -0.15) is 0 Å². The van der Waals surface area contributed by atoms with Gasteiger partial charge in [-0.3, -0.25) is 0 Å². The summed E-state index contributed by atoms with van der Waals surface area (Å²) >= 11 is 5.39. The van der Waals surface area contributed by atoms with Gasteiger partial charge in [0.2, 0.25) is 0 Å². The maximum Gasteiger partial charge on any atom is 0.00630 e. The van der Waals surface area contributed by atoms with E-state index in [1.165, 1.54) is 17.7 Å². The van der Waals surface area contributed by atoms with Gasteiger partial charge >= 0.3 is 0 Å². The minimum absolute atomic E-state index is 0.814. The van der Waals surface area contributed by atoms with Crippen molar-refractivity contribution in [1.82, 2.24) is 0 Å². The molecule has 0 aliphatic carbocycles. The van der Waals surface area contributed by atoms with E-state index in [9.17, 15) is 0 Å². The largest absolute Gasteiger partial charge is 0.149 e. The van der Waals surface area contributed by atoms with Gasteiger partial charge in [-0.1, -0.05) is 35.3 Å². The maximum absolute atomic E-state index is 3.53. The molecule has 0 aliphatic heterocycles. The third kappa shape index (κ3) is 2.96. The first kappa shape index (κ1) is 9.27. The van der Waals surface area contributed by atoms with E-state index in [-0.39, 0.29) is 0 Å². The van der Waals surface area contributed by atoms with Gasteiger partial charge in [-0.15, -0.1) is 11.3 Å². The summed E-state index contributed by atoms with van der Waals surface area (Å²) in [7, 11) is 0. The molecule has 11 heavy (non-hydrogen) atoms. The van der Waals surface area contributed by atoms with Crippen molar-refractivity contribution in [1.29, 1.82) is 0 Å². The van der Waals surface area contributed by atoms with Crippen molar-refractivity contribution in [3.8, 4) is 0 Å².